The molecule has 102 valence electrons. The summed E-state index contributed by atoms with van der Waals surface area (Å²) in [7, 11) is -3.43. The Balaban J connectivity index is 2.27. The van der Waals surface area contributed by atoms with Crippen molar-refractivity contribution in [3.8, 4) is 5.69 Å². The average Bonchev–Trinajstić information content (AvgIpc) is 2.65. The Hall–Kier alpha value is -1.66. The summed E-state index contributed by atoms with van der Waals surface area (Å²) >= 11 is 0. The minimum absolute atomic E-state index is 0.0337. The Morgan fingerprint density at radius 2 is 2.00 bits per heavy atom. The van der Waals surface area contributed by atoms with Gasteiger partial charge in [-0.1, -0.05) is 12.1 Å². The third kappa shape index (κ3) is 3.65. The van der Waals surface area contributed by atoms with Crippen molar-refractivity contribution in [2.45, 2.75) is 20.5 Å². The molecule has 0 radical (unpaired) electrons. The third-order valence-corrected chi connectivity index (χ3v) is 3.15. The Labute approximate surface area is 113 Å². The quantitative estimate of drug-likeness (QED) is 0.803. The van der Waals surface area contributed by atoms with Gasteiger partial charge in [0.05, 0.1) is 24.2 Å². The van der Waals surface area contributed by atoms with Crippen LogP contribution < -0.4 is 0 Å². The number of benzene rings is 1. The lowest BCUT2D eigenvalue weighted by Gasteiger charge is -2.07. The van der Waals surface area contributed by atoms with E-state index in [4.69, 9.17) is 4.18 Å². The molecule has 6 heteroatoms. The van der Waals surface area contributed by atoms with E-state index in [-0.39, 0.29) is 6.61 Å². The van der Waals surface area contributed by atoms with Crippen LogP contribution in [0, 0.1) is 13.8 Å². The first kappa shape index (κ1) is 13.8. The van der Waals surface area contributed by atoms with E-state index in [0.29, 0.717) is 0 Å². The van der Waals surface area contributed by atoms with Crippen LogP contribution in [0.3, 0.4) is 0 Å². The topological polar surface area (TPSA) is 61.2 Å². The zero-order valence-electron chi connectivity index (χ0n) is 11.1. The summed E-state index contributed by atoms with van der Waals surface area (Å²) in [6.45, 7) is 3.94. The van der Waals surface area contributed by atoms with Crippen molar-refractivity contribution in [3.05, 3.63) is 47.3 Å². The minimum atomic E-state index is -3.43. The smallest absolute Gasteiger partial charge is 0.264 e. The molecule has 0 amide bonds. The normalized spacial score (nSPS) is 11.7. The summed E-state index contributed by atoms with van der Waals surface area (Å²) in [5.41, 5.74) is 3.64. The van der Waals surface area contributed by atoms with Gasteiger partial charge in [0.1, 0.15) is 0 Å². The first-order valence-electron chi connectivity index (χ1n) is 5.82. The fourth-order valence-electron chi connectivity index (χ4n) is 1.84. The molecule has 0 saturated carbocycles. The highest BCUT2D eigenvalue weighted by molar-refractivity contribution is 7.85. The lowest BCUT2D eigenvalue weighted by atomic mass is 10.2. The van der Waals surface area contributed by atoms with Crippen molar-refractivity contribution in [1.29, 1.82) is 0 Å². The lowest BCUT2D eigenvalue weighted by molar-refractivity contribution is 0.311. The molecule has 2 aromatic rings. The van der Waals surface area contributed by atoms with Crippen LogP contribution in [0.1, 0.15) is 17.0 Å². The molecule has 0 aliphatic rings. The zero-order chi connectivity index (χ0) is 14.0. The third-order valence-electron chi connectivity index (χ3n) is 2.60. The van der Waals surface area contributed by atoms with Crippen LogP contribution in [-0.2, 0) is 20.9 Å². The minimum Gasteiger partial charge on any atom is -0.265 e. The van der Waals surface area contributed by atoms with Crippen molar-refractivity contribution in [2.24, 2.45) is 0 Å². The van der Waals surface area contributed by atoms with Gasteiger partial charge in [0.2, 0.25) is 0 Å². The van der Waals surface area contributed by atoms with Gasteiger partial charge in [-0.2, -0.15) is 13.5 Å². The molecule has 2 rings (SSSR count). The van der Waals surface area contributed by atoms with Crippen LogP contribution in [0.4, 0.5) is 0 Å². The van der Waals surface area contributed by atoms with Gasteiger partial charge >= 0.3 is 0 Å². The van der Waals surface area contributed by atoms with E-state index in [9.17, 15) is 8.42 Å². The van der Waals surface area contributed by atoms with Gasteiger partial charge in [-0.05, 0) is 37.6 Å². The van der Waals surface area contributed by atoms with Gasteiger partial charge < -0.3 is 0 Å². The largest absolute Gasteiger partial charge is 0.265 e. The van der Waals surface area contributed by atoms with Crippen molar-refractivity contribution in [3.63, 3.8) is 0 Å². The van der Waals surface area contributed by atoms with E-state index < -0.39 is 10.1 Å². The van der Waals surface area contributed by atoms with Crippen LogP contribution in [0.5, 0.6) is 0 Å². The second kappa shape index (κ2) is 5.14. The van der Waals surface area contributed by atoms with Gasteiger partial charge in [0, 0.05) is 5.69 Å². The van der Waals surface area contributed by atoms with Gasteiger partial charge in [0.25, 0.3) is 10.1 Å². The van der Waals surface area contributed by atoms with E-state index >= 15 is 0 Å². The van der Waals surface area contributed by atoms with Gasteiger partial charge in [-0.25, -0.2) is 4.68 Å². The van der Waals surface area contributed by atoms with Crippen molar-refractivity contribution < 1.29 is 12.6 Å². The van der Waals surface area contributed by atoms with E-state index in [1.165, 1.54) is 0 Å². The molecule has 0 spiro atoms. The summed E-state index contributed by atoms with van der Waals surface area (Å²) in [4.78, 5) is 0. The molecule has 0 aliphatic carbocycles. The fraction of sp³-hybridized carbons (Fsp3) is 0.308. The number of rotatable bonds is 4. The number of aryl methyl sites for hydroxylation is 2. The maximum atomic E-state index is 11.0. The second-order valence-electron chi connectivity index (χ2n) is 4.48. The van der Waals surface area contributed by atoms with Gasteiger partial charge in [-0.15, -0.1) is 0 Å². The maximum absolute atomic E-state index is 11.0. The maximum Gasteiger partial charge on any atom is 0.264 e. The van der Waals surface area contributed by atoms with E-state index in [1.807, 2.05) is 48.9 Å². The summed E-state index contributed by atoms with van der Waals surface area (Å²) in [5, 5.41) is 4.39. The Morgan fingerprint density at radius 1 is 1.26 bits per heavy atom. The first-order chi connectivity index (χ1) is 8.85. The Morgan fingerprint density at radius 3 is 2.58 bits per heavy atom. The summed E-state index contributed by atoms with van der Waals surface area (Å²) in [5.74, 6) is 0. The lowest BCUT2D eigenvalue weighted by Crippen LogP contribution is -2.04. The molecule has 0 atom stereocenters. The summed E-state index contributed by atoms with van der Waals surface area (Å²) in [6.07, 6.45) is 1.04. The highest BCUT2D eigenvalue weighted by Crippen LogP contribution is 2.14. The molecule has 0 saturated heterocycles. The first-order valence-corrected chi connectivity index (χ1v) is 7.64. The molecule has 0 aliphatic heterocycles. The molecule has 5 nitrogen and oxygen atoms in total. The molecule has 19 heavy (non-hydrogen) atoms. The van der Waals surface area contributed by atoms with Crippen molar-refractivity contribution in [1.82, 2.24) is 9.78 Å². The Bertz CT molecular complexity index is 690. The SMILES string of the molecule is Cc1cc(C)n(-c2cccc(COS(C)(=O)=O)c2)n1. The molecule has 1 aromatic carbocycles. The van der Waals surface area contributed by atoms with Crippen LogP contribution in [-0.4, -0.2) is 24.5 Å². The zero-order valence-corrected chi connectivity index (χ0v) is 11.9. The van der Waals surface area contributed by atoms with Gasteiger partial charge in [-0.3, -0.25) is 4.18 Å². The second-order valence-corrected chi connectivity index (χ2v) is 6.12. The molecule has 0 fully saturated rings. The average molecular weight is 280 g/mol. The molecule has 0 N–H and O–H groups in total. The number of nitrogens with zero attached hydrogens (tertiary/aromatic N) is 2. The molecule has 1 heterocycles. The van der Waals surface area contributed by atoms with E-state index in [1.54, 1.807) is 0 Å². The highest BCUT2D eigenvalue weighted by atomic mass is 32.2. The van der Waals surface area contributed by atoms with Crippen molar-refractivity contribution in [2.75, 3.05) is 6.26 Å². The molecule has 1 aromatic heterocycles. The van der Waals surface area contributed by atoms with E-state index in [2.05, 4.69) is 5.10 Å². The number of hydrogen-bond acceptors (Lipinski definition) is 4. The van der Waals surface area contributed by atoms with E-state index in [0.717, 1.165) is 28.9 Å². The molecular weight excluding hydrogens is 264 g/mol. The van der Waals surface area contributed by atoms with Gasteiger partial charge in [0.15, 0.2) is 0 Å². The predicted octanol–water partition coefficient (Wildman–Crippen LogP) is 1.97. The van der Waals surface area contributed by atoms with Crippen molar-refractivity contribution >= 4 is 10.1 Å². The standard InChI is InChI=1S/C13H16N2O3S/c1-10-7-11(2)15(14-10)13-6-4-5-12(8-13)9-18-19(3,16)17/h4-8H,9H2,1-3H3. The monoisotopic (exact) mass is 280 g/mol. The summed E-state index contributed by atoms with van der Waals surface area (Å²) < 4.78 is 28.6. The fourth-order valence-corrected chi connectivity index (χ4v) is 2.19. The Kier molecular flexibility index (Phi) is 3.73. The summed E-state index contributed by atoms with van der Waals surface area (Å²) in [6, 6.07) is 9.45. The molecule has 0 bridgehead atoms. The molecule has 0 unspecified atom stereocenters. The van der Waals surface area contributed by atoms with Crippen LogP contribution >= 0.6 is 0 Å². The van der Waals surface area contributed by atoms with Crippen LogP contribution in [0.25, 0.3) is 5.69 Å². The number of aromatic nitrogens is 2. The highest BCUT2D eigenvalue weighted by Gasteiger charge is 2.06. The predicted molar refractivity (Wildman–Crippen MR) is 72.7 cm³/mol. The molecular formula is C13H16N2O3S. The van der Waals surface area contributed by atoms with Crippen LogP contribution in [0.15, 0.2) is 30.3 Å². The number of hydrogen-bond donors (Lipinski definition) is 0. The van der Waals surface area contributed by atoms with Crippen LogP contribution in [0.2, 0.25) is 0 Å².